The molecule has 2 N–H and O–H groups in total. The van der Waals surface area contributed by atoms with Crippen LogP contribution in [0.15, 0.2) is 12.4 Å². The standard InChI is InChI=1S/C9H8Cl2F2N2/c10-5-1-15-2-6(11)7(5)8(14)3-9(12,13)4-8/h1-2H,3-4,14H2. The molecule has 1 aliphatic carbocycles. The van der Waals surface area contributed by atoms with Gasteiger partial charge in [-0.05, 0) is 0 Å². The van der Waals surface area contributed by atoms with Gasteiger partial charge in [-0.3, -0.25) is 4.98 Å². The van der Waals surface area contributed by atoms with Crippen molar-refractivity contribution in [2.75, 3.05) is 0 Å². The molecule has 0 aromatic carbocycles. The van der Waals surface area contributed by atoms with E-state index in [4.69, 9.17) is 28.9 Å². The maximum absolute atomic E-state index is 12.8. The predicted octanol–water partition coefficient (Wildman–Crippen LogP) is 2.97. The van der Waals surface area contributed by atoms with Gasteiger partial charge in [0, 0.05) is 30.8 Å². The summed E-state index contributed by atoms with van der Waals surface area (Å²) in [5.74, 6) is -2.72. The van der Waals surface area contributed by atoms with Crippen LogP contribution >= 0.6 is 23.2 Å². The topological polar surface area (TPSA) is 38.9 Å². The number of pyridine rings is 1. The molecule has 0 atom stereocenters. The molecule has 1 heterocycles. The molecule has 0 amide bonds. The van der Waals surface area contributed by atoms with E-state index in [1.807, 2.05) is 0 Å². The van der Waals surface area contributed by atoms with Crippen molar-refractivity contribution in [2.45, 2.75) is 24.3 Å². The fourth-order valence-corrected chi connectivity index (χ4v) is 2.68. The SMILES string of the molecule is NC1(c2c(Cl)cncc2Cl)CC(F)(F)C1. The zero-order valence-electron chi connectivity index (χ0n) is 7.61. The monoisotopic (exact) mass is 252 g/mol. The van der Waals surface area contributed by atoms with Gasteiger partial charge in [0.1, 0.15) is 0 Å². The number of hydrogen-bond donors (Lipinski definition) is 1. The second-order valence-electron chi connectivity index (χ2n) is 3.84. The molecule has 0 aliphatic heterocycles. The third-order valence-corrected chi connectivity index (χ3v) is 3.07. The van der Waals surface area contributed by atoms with Crippen LogP contribution in [0, 0.1) is 0 Å². The highest BCUT2D eigenvalue weighted by atomic mass is 35.5. The van der Waals surface area contributed by atoms with Gasteiger partial charge in [0.15, 0.2) is 0 Å². The van der Waals surface area contributed by atoms with Crippen LogP contribution in [-0.4, -0.2) is 10.9 Å². The van der Waals surface area contributed by atoms with Crippen LogP contribution in [0.1, 0.15) is 18.4 Å². The minimum atomic E-state index is -2.72. The summed E-state index contributed by atoms with van der Waals surface area (Å²) in [5.41, 5.74) is 5.07. The van der Waals surface area contributed by atoms with Crippen molar-refractivity contribution < 1.29 is 8.78 Å². The minimum Gasteiger partial charge on any atom is -0.321 e. The normalized spacial score (nSPS) is 22.2. The lowest BCUT2D eigenvalue weighted by molar-refractivity contribution is -0.125. The van der Waals surface area contributed by atoms with E-state index in [1.165, 1.54) is 12.4 Å². The third-order valence-electron chi connectivity index (χ3n) is 2.50. The molecular weight excluding hydrogens is 245 g/mol. The average Bonchev–Trinajstić information content (AvgIpc) is 1.98. The highest BCUT2D eigenvalue weighted by molar-refractivity contribution is 6.36. The lowest BCUT2D eigenvalue weighted by Crippen LogP contribution is -2.55. The van der Waals surface area contributed by atoms with Crippen molar-refractivity contribution in [1.29, 1.82) is 0 Å². The van der Waals surface area contributed by atoms with Crippen LogP contribution in [0.5, 0.6) is 0 Å². The summed E-state index contributed by atoms with van der Waals surface area (Å²) in [6, 6.07) is 0. The van der Waals surface area contributed by atoms with Crippen LogP contribution < -0.4 is 5.73 Å². The van der Waals surface area contributed by atoms with E-state index < -0.39 is 24.3 Å². The Bertz CT molecular complexity index is 381. The maximum Gasteiger partial charge on any atom is 0.252 e. The molecule has 0 spiro atoms. The van der Waals surface area contributed by atoms with Crippen LogP contribution in [0.25, 0.3) is 0 Å². The molecule has 0 unspecified atom stereocenters. The molecule has 0 saturated heterocycles. The van der Waals surface area contributed by atoms with Gasteiger partial charge in [-0.25, -0.2) is 8.78 Å². The van der Waals surface area contributed by atoms with Crippen molar-refractivity contribution in [3.05, 3.63) is 28.0 Å². The molecule has 1 aromatic heterocycles. The smallest absolute Gasteiger partial charge is 0.252 e. The van der Waals surface area contributed by atoms with Crippen molar-refractivity contribution in [3.63, 3.8) is 0 Å². The molecule has 2 nitrogen and oxygen atoms in total. The molecule has 2 rings (SSSR count). The van der Waals surface area contributed by atoms with Crippen molar-refractivity contribution >= 4 is 23.2 Å². The number of rotatable bonds is 1. The fourth-order valence-electron chi connectivity index (χ4n) is 1.93. The van der Waals surface area contributed by atoms with E-state index in [2.05, 4.69) is 4.98 Å². The van der Waals surface area contributed by atoms with E-state index in [-0.39, 0.29) is 10.0 Å². The number of hydrogen-bond acceptors (Lipinski definition) is 2. The van der Waals surface area contributed by atoms with Gasteiger partial charge in [-0.15, -0.1) is 0 Å². The van der Waals surface area contributed by atoms with Crippen molar-refractivity contribution in [1.82, 2.24) is 4.98 Å². The van der Waals surface area contributed by atoms with E-state index in [0.717, 1.165) is 0 Å². The van der Waals surface area contributed by atoms with E-state index in [1.54, 1.807) is 0 Å². The summed E-state index contributed by atoms with van der Waals surface area (Å²) in [7, 11) is 0. The molecule has 82 valence electrons. The molecule has 1 saturated carbocycles. The molecule has 15 heavy (non-hydrogen) atoms. The second-order valence-corrected chi connectivity index (χ2v) is 4.66. The minimum absolute atomic E-state index is 0.237. The molecule has 1 fully saturated rings. The number of nitrogens with zero attached hydrogens (tertiary/aromatic N) is 1. The van der Waals surface area contributed by atoms with Crippen LogP contribution in [0.3, 0.4) is 0 Å². The Kier molecular flexibility index (Phi) is 2.41. The number of nitrogens with two attached hydrogens (primary N) is 1. The first-order chi connectivity index (χ1) is 6.84. The van der Waals surface area contributed by atoms with Gasteiger partial charge >= 0.3 is 0 Å². The van der Waals surface area contributed by atoms with E-state index in [0.29, 0.717) is 5.56 Å². The lowest BCUT2D eigenvalue weighted by atomic mass is 9.70. The summed E-state index contributed by atoms with van der Waals surface area (Å²) in [4.78, 5) is 3.75. The predicted molar refractivity (Wildman–Crippen MR) is 54.3 cm³/mol. The summed E-state index contributed by atoms with van der Waals surface area (Å²) in [6.07, 6.45) is 1.86. The van der Waals surface area contributed by atoms with E-state index in [9.17, 15) is 8.78 Å². The zero-order valence-corrected chi connectivity index (χ0v) is 9.12. The summed E-state index contributed by atoms with van der Waals surface area (Å²) in [5, 5.41) is 0.473. The van der Waals surface area contributed by atoms with E-state index >= 15 is 0 Å². The Hall–Kier alpha value is -0.450. The number of halogens is 4. The summed E-state index contributed by atoms with van der Waals surface area (Å²) in [6.45, 7) is 0. The molecule has 1 aromatic rings. The Morgan fingerprint density at radius 1 is 1.20 bits per heavy atom. The van der Waals surface area contributed by atoms with Gasteiger partial charge in [-0.1, -0.05) is 23.2 Å². The van der Waals surface area contributed by atoms with Gasteiger partial charge < -0.3 is 5.73 Å². The van der Waals surface area contributed by atoms with Crippen molar-refractivity contribution in [3.8, 4) is 0 Å². The summed E-state index contributed by atoms with van der Waals surface area (Å²) >= 11 is 11.7. The first kappa shape index (κ1) is 11.0. The van der Waals surface area contributed by atoms with Gasteiger partial charge in [0.2, 0.25) is 0 Å². The van der Waals surface area contributed by atoms with Crippen LogP contribution in [0.4, 0.5) is 8.78 Å². The quantitative estimate of drug-likeness (QED) is 0.835. The highest BCUT2D eigenvalue weighted by Crippen LogP contribution is 2.52. The Balaban J connectivity index is 2.39. The first-order valence-corrected chi connectivity index (χ1v) is 5.06. The van der Waals surface area contributed by atoms with Gasteiger partial charge in [0.25, 0.3) is 5.92 Å². The lowest BCUT2D eigenvalue weighted by Gasteiger charge is -2.45. The number of alkyl halides is 2. The second kappa shape index (κ2) is 3.27. The van der Waals surface area contributed by atoms with Crippen LogP contribution in [0.2, 0.25) is 10.0 Å². The van der Waals surface area contributed by atoms with Gasteiger partial charge in [0.05, 0.1) is 15.6 Å². The fraction of sp³-hybridized carbons (Fsp3) is 0.444. The largest absolute Gasteiger partial charge is 0.321 e. The maximum atomic E-state index is 12.8. The van der Waals surface area contributed by atoms with Gasteiger partial charge in [-0.2, -0.15) is 0 Å². The molecule has 1 aliphatic rings. The van der Waals surface area contributed by atoms with Crippen molar-refractivity contribution in [2.24, 2.45) is 5.73 Å². The zero-order chi connectivity index (χ0) is 11.3. The third kappa shape index (κ3) is 1.82. The Morgan fingerprint density at radius 2 is 1.67 bits per heavy atom. The Labute approximate surface area is 95.4 Å². The van der Waals surface area contributed by atoms with Crippen LogP contribution in [-0.2, 0) is 5.54 Å². The molecule has 0 radical (unpaired) electrons. The first-order valence-electron chi connectivity index (χ1n) is 4.30. The average molecular weight is 253 g/mol. The summed E-state index contributed by atoms with van der Waals surface area (Å²) < 4.78 is 25.6. The molecular formula is C9H8Cl2F2N2. The highest BCUT2D eigenvalue weighted by Gasteiger charge is 2.56. The molecule has 6 heteroatoms. The number of aromatic nitrogens is 1. The Morgan fingerprint density at radius 3 is 2.07 bits per heavy atom. The molecule has 0 bridgehead atoms.